The second-order valence-electron chi connectivity index (χ2n) is 6.18. The van der Waals surface area contributed by atoms with E-state index in [0.29, 0.717) is 11.9 Å². The average molecular weight is 301 g/mol. The molecule has 0 saturated carbocycles. The van der Waals surface area contributed by atoms with Crippen LogP contribution in [0.2, 0.25) is 0 Å². The van der Waals surface area contributed by atoms with Crippen molar-refractivity contribution in [3.8, 4) is 0 Å². The van der Waals surface area contributed by atoms with Gasteiger partial charge in [-0.1, -0.05) is 18.6 Å². The number of aromatic nitrogens is 2. The van der Waals surface area contributed by atoms with Gasteiger partial charge in [-0.05, 0) is 38.4 Å². The number of fused-ring (bicyclic) bond motifs is 1. The highest BCUT2D eigenvalue weighted by atomic mass is 16.3. The number of benzene rings is 1. The average Bonchev–Trinajstić information content (AvgIpc) is 2.52. The molecule has 2 atom stereocenters. The maximum absolute atomic E-state index is 12.5. The van der Waals surface area contributed by atoms with Crippen molar-refractivity contribution in [2.75, 3.05) is 6.54 Å². The highest BCUT2D eigenvalue weighted by Crippen LogP contribution is 2.21. The molecular weight excluding hydrogens is 278 g/mol. The maximum atomic E-state index is 12.5. The van der Waals surface area contributed by atoms with E-state index in [1.807, 2.05) is 31.2 Å². The summed E-state index contributed by atoms with van der Waals surface area (Å²) in [6.45, 7) is 3.39. The molecular formula is C17H23N3O2. The summed E-state index contributed by atoms with van der Waals surface area (Å²) in [6, 6.07) is 7.60. The molecule has 1 N–H and O–H groups in total. The summed E-state index contributed by atoms with van der Waals surface area (Å²) in [5.74, 6) is 0.760. The normalized spacial score (nSPS) is 21.1. The van der Waals surface area contributed by atoms with Gasteiger partial charge in [-0.2, -0.15) is 0 Å². The van der Waals surface area contributed by atoms with Gasteiger partial charge in [-0.25, -0.2) is 4.98 Å². The smallest absolute Gasteiger partial charge is 0.261 e. The summed E-state index contributed by atoms with van der Waals surface area (Å²) in [5, 5.41) is 10.6. The first-order chi connectivity index (χ1) is 10.6. The zero-order chi connectivity index (χ0) is 15.7. The lowest BCUT2D eigenvalue weighted by atomic mass is 9.98. The number of para-hydroxylation sites is 1. The molecule has 1 saturated heterocycles. The highest BCUT2D eigenvalue weighted by Gasteiger charge is 2.27. The van der Waals surface area contributed by atoms with Gasteiger partial charge in [-0.3, -0.25) is 14.3 Å². The Kier molecular flexibility index (Phi) is 4.27. The first-order valence-electron chi connectivity index (χ1n) is 7.94. The van der Waals surface area contributed by atoms with E-state index in [2.05, 4.69) is 9.88 Å². The molecule has 5 nitrogen and oxygen atoms in total. The van der Waals surface area contributed by atoms with E-state index in [1.165, 1.54) is 0 Å². The molecule has 1 aliphatic heterocycles. The SMILES string of the molecule is CC(O)C1CCCCN1Cc1nc2ccccc2c(=O)n1C. The van der Waals surface area contributed by atoms with Crippen molar-refractivity contribution in [1.29, 1.82) is 0 Å². The summed E-state index contributed by atoms with van der Waals surface area (Å²) < 4.78 is 1.63. The third-order valence-electron chi connectivity index (χ3n) is 4.64. The summed E-state index contributed by atoms with van der Waals surface area (Å²) >= 11 is 0. The van der Waals surface area contributed by atoms with Gasteiger partial charge in [0.25, 0.3) is 5.56 Å². The van der Waals surface area contributed by atoms with Crippen LogP contribution in [0.1, 0.15) is 32.0 Å². The minimum Gasteiger partial charge on any atom is -0.392 e. The Hall–Kier alpha value is -1.72. The van der Waals surface area contributed by atoms with E-state index in [4.69, 9.17) is 0 Å². The predicted octanol–water partition coefficient (Wildman–Crippen LogP) is 1.67. The number of piperidine rings is 1. The predicted molar refractivity (Wildman–Crippen MR) is 86.7 cm³/mol. The zero-order valence-electron chi connectivity index (χ0n) is 13.2. The van der Waals surface area contributed by atoms with Gasteiger partial charge in [-0.15, -0.1) is 0 Å². The summed E-state index contributed by atoms with van der Waals surface area (Å²) in [6.07, 6.45) is 2.91. The third kappa shape index (κ3) is 2.78. The fraction of sp³-hybridized carbons (Fsp3) is 0.529. The molecule has 3 rings (SSSR count). The minimum absolute atomic E-state index is 0.00814. The summed E-state index contributed by atoms with van der Waals surface area (Å²) in [7, 11) is 1.78. The monoisotopic (exact) mass is 301 g/mol. The molecule has 1 aliphatic rings. The van der Waals surface area contributed by atoms with Crippen molar-refractivity contribution >= 4 is 10.9 Å². The van der Waals surface area contributed by atoms with Crippen molar-refractivity contribution in [3.05, 3.63) is 40.4 Å². The standard InChI is InChI=1S/C17H23N3O2/c1-12(21)15-9-5-6-10-20(15)11-16-18-14-8-4-3-7-13(14)17(22)19(16)2/h3-4,7-8,12,15,21H,5-6,9-11H2,1-2H3. The third-order valence-corrected chi connectivity index (χ3v) is 4.64. The van der Waals surface area contributed by atoms with Crippen LogP contribution in [0.3, 0.4) is 0 Å². The minimum atomic E-state index is -0.363. The number of nitrogens with zero attached hydrogens (tertiary/aromatic N) is 3. The molecule has 1 aromatic carbocycles. The van der Waals surface area contributed by atoms with Crippen LogP contribution in [0.25, 0.3) is 10.9 Å². The van der Waals surface area contributed by atoms with Crippen LogP contribution in [0.15, 0.2) is 29.1 Å². The maximum Gasteiger partial charge on any atom is 0.261 e. The molecule has 1 aromatic heterocycles. The number of hydrogen-bond donors (Lipinski definition) is 1. The fourth-order valence-corrected chi connectivity index (χ4v) is 3.35. The first-order valence-corrected chi connectivity index (χ1v) is 7.94. The Bertz CT molecular complexity index is 723. The molecule has 0 radical (unpaired) electrons. The second-order valence-corrected chi connectivity index (χ2v) is 6.18. The van der Waals surface area contributed by atoms with Crippen molar-refractivity contribution in [3.63, 3.8) is 0 Å². The topological polar surface area (TPSA) is 58.4 Å². The van der Waals surface area contributed by atoms with Crippen molar-refractivity contribution < 1.29 is 5.11 Å². The molecule has 1 fully saturated rings. The second kappa shape index (κ2) is 6.18. The molecule has 2 unspecified atom stereocenters. The molecule has 0 aliphatic carbocycles. The number of likely N-dealkylation sites (tertiary alicyclic amines) is 1. The Labute approximate surface area is 130 Å². The molecule has 5 heteroatoms. The fourth-order valence-electron chi connectivity index (χ4n) is 3.35. The number of rotatable bonds is 3. The van der Waals surface area contributed by atoms with Crippen LogP contribution < -0.4 is 5.56 Å². The van der Waals surface area contributed by atoms with Crippen molar-refractivity contribution in [2.45, 2.75) is 44.9 Å². The molecule has 0 bridgehead atoms. The molecule has 118 valence electrons. The van der Waals surface area contributed by atoms with Gasteiger partial charge in [0.05, 0.1) is 23.6 Å². The van der Waals surface area contributed by atoms with Gasteiger partial charge in [0.1, 0.15) is 5.82 Å². The van der Waals surface area contributed by atoms with Crippen LogP contribution in [0, 0.1) is 0 Å². The zero-order valence-corrected chi connectivity index (χ0v) is 13.2. The van der Waals surface area contributed by atoms with E-state index in [9.17, 15) is 9.90 Å². The summed E-state index contributed by atoms with van der Waals surface area (Å²) in [5.41, 5.74) is 0.734. The Balaban J connectivity index is 1.96. The van der Waals surface area contributed by atoms with Gasteiger partial charge >= 0.3 is 0 Å². The van der Waals surface area contributed by atoms with Crippen LogP contribution in [0.4, 0.5) is 0 Å². The van der Waals surface area contributed by atoms with E-state index < -0.39 is 0 Å². The number of aliphatic hydroxyl groups excluding tert-OH is 1. The number of aliphatic hydroxyl groups is 1. The van der Waals surface area contributed by atoms with Crippen LogP contribution >= 0.6 is 0 Å². The quantitative estimate of drug-likeness (QED) is 0.937. The van der Waals surface area contributed by atoms with Crippen LogP contribution in [-0.4, -0.2) is 38.2 Å². The lowest BCUT2D eigenvalue weighted by Gasteiger charge is -2.37. The van der Waals surface area contributed by atoms with E-state index in [1.54, 1.807) is 11.6 Å². The van der Waals surface area contributed by atoms with Crippen molar-refractivity contribution in [2.24, 2.45) is 7.05 Å². The van der Waals surface area contributed by atoms with Gasteiger partial charge < -0.3 is 5.11 Å². The largest absolute Gasteiger partial charge is 0.392 e. The molecule has 2 aromatic rings. The lowest BCUT2D eigenvalue weighted by molar-refractivity contribution is 0.0296. The molecule has 22 heavy (non-hydrogen) atoms. The lowest BCUT2D eigenvalue weighted by Crippen LogP contribution is -2.46. The Morgan fingerprint density at radius 1 is 1.36 bits per heavy atom. The van der Waals surface area contributed by atoms with Crippen LogP contribution in [0.5, 0.6) is 0 Å². The first kappa shape index (κ1) is 15.2. The van der Waals surface area contributed by atoms with Crippen molar-refractivity contribution in [1.82, 2.24) is 14.5 Å². The Morgan fingerprint density at radius 3 is 2.91 bits per heavy atom. The highest BCUT2D eigenvalue weighted by molar-refractivity contribution is 5.77. The molecule has 0 amide bonds. The van der Waals surface area contributed by atoms with E-state index in [0.717, 1.165) is 37.1 Å². The molecule has 0 spiro atoms. The number of hydrogen-bond acceptors (Lipinski definition) is 4. The van der Waals surface area contributed by atoms with Crippen LogP contribution in [-0.2, 0) is 13.6 Å². The Morgan fingerprint density at radius 2 is 2.14 bits per heavy atom. The van der Waals surface area contributed by atoms with Gasteiger partial charge in [0.15, 0.2) is 0 Å². The van der Waals surface area contributed by atoms with Gasteiger partial charge in [0, 0.05) is 13.1 Å². The van der Waals surface area contributed by atoms with E-state index in [-0.39, 0.29) is 17.7 Å². The summed E-state index contributed by atoms with van der Waals surface area (Å²) in [4.78, 5) is 19.4. The van der Waals surface area contributed by atoms with Gasteiger partial charge in [0.2, 0.25) is 0 Å². The van der Waals surface area contributed by atoms with E-state index >= 15 is 0 Å². The molecule has 2 heterocycles.